The van der Waals surface area contributed by atoms with Crippen LogP contribution in [-0.2, 0) is 4.74 Å². The Morgan fingerprint density at radius 3 is 2.88 bits per heavy atom. The maximum absolute atomic E-state index is 12.6. The second-order valence-corrected chi connectivity index (χ2v) is 6.77. The van der Waals surface area contributed by atoms with Gasteiger partial charge in [-0.25, -0.2) is 15.0 Å². The Hall–Kier alpha value is -2.41. The number of hydrogen-bond acceptors (Lipinski definition) is 6. The first-order valence-corrected chi connectivity index (χ1v) is 8.63. The van der Waals surface area contributed by atoms with Crippen LogP contribution in [0.2, 0.25) is 0 Å². The number of carbonyl (C=O) groups is 1. The number of nitrogens with zero attached hydrogens (tertiary/aromatic N) is 5. The second kappa shape index (κ2) is 6.48. The summed E-state index contributed by atoms with van der Waals surface area (Å²) in [6.07, 6.45) is 6.88. The fourth-order valence-corrected chi connectivity index (χ4v) is 3.62. The van der Waals surface area contributed by atoms with Crippen LogP contribution in [0.4, 0.5) is 0 Å². The number of fused-ring (bicyclic) bond motifs is 1. The minimum Gasteiger partial charge on any atom is -0.367 e. The van der Waals surface area contributed by atoms with Crippen molar-refractivity contribution in [3.8, 4) is 0 Å². The SMILES string of the molecule is Cc1cnc(C(=O)N2CC[C@H]3C[C@H](c4ccnc(C)n4)O[C@@H]3C2)cn1. The van der Waals surface area contributed by atoms with Crippen LogP contribution in [0.5, 0.6) is 0 Å². The molecule has 2 fully saturated rings. The summed E-state index contributed by atoms with van der Waals surface area (Å²) in [5.41, 5.74) is 2.13. The molecule has 3 atom stereocenters. The van der Waals surface area contributed by atoms with Crippen molar-refractivity contribution in [2.24, 2.45) is 5.92 Å². The highest BCUT2D eigenvalue weighted by Crippen LogP contribution is 2.40. The number of carbonyl (C=O) groups excluding carboxylic acids is 1. The minimum absolute atomic E-state index is 0.00841. The van der Waals surface area contributed by atoms with E-state index in [-0.39, 0.29) is 18.1 Å². The molecule has 0 bridgehead atoms. The second-order valence-electron chi connectivity index (χ2n) is 6.77. The van der Waals surface area contributed by atoms with Crippen molar-refractivity contribution in [1.82, 2.24) is 24.8 Å². The van der Waals surface area contributed by atoms with Gasteiger partial charge in [-0.2, -0.15) is 0 Å². The third-order valence-electron chi connectivity index (χ3n) is 4.97. The maximum atomic E-state index is 12.6. The van der Waals surface area contributed by atoms with E-state index in [1.54, 1.807) is 18.6 Å². The third-order valence-corrected chi connectivity index (χ3v) is 4.97. The average Bonchev–Trinajstić information content (AvgIpc) is 3.05. The van der Waals surface area contributed by atoms with Gasteiger partial charge in [-0.05, 0) is 38.7 Å². The molecule has 7 nitrogen and oxygen atoms in total. The maximum Gasteiger partial charge on any atom is 0.274 e. The van der Waals surface area contributed by atoms with Crippen LogP contribution in [0, 0.1) is 19.8 Å². The first-order valence-electron chi connectivity index (χ1n) is 8.63. The predicted octanol–water partition coefficient (Wildman–Crippen LogP) is 1.88. The highest BCUT2D eigenvalue weighted by atomic mass is 16.5. The van der Waals surface area contributed by atoms with Crippen molar-refractivity contribution in [3.63, 3.8) is 0 Å². The molecule has 25 heavy (non-hydrogen) atoms. The molecule has 2 aromatic rings. The summed E-state index contributed by atoms with van der Waals surface area (Å²) in [4.78, 5) is 31.5. The van der Waals surface area contributed by atoms with Crippen LogP contribution in [0.25, 0.3) is 0 Å². The quantitative estimate of drug-likeness (QED) is 0.831. The van der Waals surface area contributed by atoms with E-state index in [9.17, 15) is 4.79 Å². The molecule has 2 aromatic heterocycles. The summed E-state index contributed by atoms with van der Waals surface area (Å²) in [5, 5.41) is 0. The number of rotatable bonds is 2. The zero-order valence-corrected chi connectivity index (χ0v) is 14.4. The van der Waals surface area contributed by atoms with E-state index in [0.29, 0.717) is 18.2 Å². The largest absolute Gasteiger partial charge is 0.367 e. The summed E-state index contributed by atoms with van der Waals surface area (Å²) in [7, 11) is 0. The van der Waals surface area contributed by atoms with Crippen LogP contribution >= 0.6 is 0 Å². The molecule has 0 spiro atoms. The van der Waals surface area contributed by atoms with E-state index in [4.69, 9.17) is 4.74 Å². The summed E-state index contributed by atoms with van der Waals surface area (Å²) in [6, 6.07) is 1.92. The van der Waals surface area contributed by atoms with Crippen molar-refractivity contribution in [2.75, 3.05) is 13.1 Å². The van der Waals surface area contributed by atoms with Crippen molar-refractivity contribution >= 4 is 5.91 Å². The van der Waals surface area contributed by atoms with E-state index < -0.39 is 0 Å². The van der Waals surface area contributed by atoms with Gasteiger partial charge in [0.1, 0.15) is 17.6 Å². The Bertz CT molecular complexity index is 779. The van der Waals surface area contributed by atoms with Gasteiger partial charge in [0.15, 0.2) is 0 Å². The van der Waals surface area contributed by atoms with Gasteiger partial charge in [0, 0.05) is 25.5 Å². The number of amides is 1. The molecule has 0 aromatic carbocycles. The summed E-state index contributed by atoms with van der Waals surface area (Å²) >= 11 is 0. The average molecular weight is 339 g/mol. The molecule has 0 unspecified atom stereocenters. The Labute approximate surface area is 146 Å². The lowest BCUT2D eigenvalue weighted by Crippen LogP contribution is -2.45. The van der Waals surface area contributed by atoms with Gasteiger partial charge in [0.25, 0.3) is 5.91 Å². The normalized spacial score (nSPS) is 25.7. The molecule has 130 valence electrons. The minimum atomic E-state index is -0.0733. The standard InChI is InChI=1S/C18H21N5O2/c1-11-8-21-15(9-20-11)18(24)23-6-4-13-7-16(25-17(13)10-23)14-3-5-19-12(2)22-14/h3,5,8-9,13,16-17H,4,6-7,10H2,1-2H3/t13-,16+,17+/m0/s1. The number of aromatic nitrogens is 4. The summed E-state index contributed by atoms with van der Waals surface area (Å²) in [6.45, 7) is 5.07. The van der Waals surface area contributed by atoms with Crippen LogP contribution < -0.4 is 0 Å². The molecular formula is C18H21N5O2. The zero-order valence-electron chi connectivity index (χ0n) is 14.4. The fourth-order valence-electron chi connectivity index (χ4n) is 3.62. The summed E-state index contributed by atoms with van der Waals surface area (Å²) in [5.74, 6) is 1.15. The van der Waals surface area contributed by atoms with E-state index >= 15 is 0 Å². The third kappa shape index (κ3) is 3.24. The van der Waals surface area contributed by atoms with Crippen molar-refractivity contribution in [3.05, 3.63) is 47.6 Å². The number of aryl methyl sites for hydroxylation is 2. The van der Waals surface area contributed by atoms with Crippen LogP contribution in [0.1, 0.15) is 46.6 Å². The lowest BCUT2D eigenvalue weighted by atomic mass is 9.91. The molecule has 7 heteroatoms. The molecule has 1 amide bonds. The van der Waals surface area contributed by atoms with E-state index in [2.05, 4.69) is 19.9 Å². The van der Waals surface area contributed by atoms with Crippen LogP contribution in [-0.4, -0.2) is 49.9 Å². The molecule has 0 aliphatic carbocycles. The van der Waals surface area contributed by atoms with Gasteiger partial charge in [-0.3, -0.25) is 9.78 Å². The molecule has 2 saturated heterocycles. The number of hydrogen-bond donors (Lipinski definition) is 0. The number of ether oxygens (including phenoxy) is 1. The topological polar surface area (TPSA) is 81.1 Å². The lowest BCUT2D eigenvalue weighted by molar-refractivity contribution is -0.00585. The monoisotopic (exact) mass is 339 g/mol. The molecule has 2 aliphatic rings. The van der Waals surface area contributed by atoms with Gasteiger partial charge < -0.3 is 9.64 Å². The van der Waals surface area contributed by atoms with E-state index in [1.807, 2.05) is 24.8 Å². The molecule has 2 aliphatic heterocycles. The molecular weight excluding hydrogens is 318 g/mol. The molecule has 0 saturated carbocycles. The Balaban J connectivity index is 1.44. The van der Waals surface area contributed by atoms with Crippen molar-refractivity contribution < 1.29 is 9.53 Å². The highest BCUT2D eigenvalue weighted by Gasteiger charge is 2.41. The van der Waals surface area contributed by atoms with E-state index in [0.717, 1.165) is 36.6 Å². The first-order chi connectivity index (χ1) is 12.1. The van der Waals surface area contributed by atoms with Gasteiger partial charge in [0.2, 0.25) is 0 Å². The molecule has 0 N–H and O–H groups in total. The number of piperidine rings is 1. The van der Waals surface area contributed by atoms with Gasteiger partial charge >= 0.3 is 0 Å². The van der Waals surface area contributed by atoms with Gasteiger partial charge in [-0.15, -0.1) is 0 Å². The Kier molecular flexibility index (Phi) is 4.17. The van der Waals surface area contributed by atoms with Crippen LogP contribution in [0.15, 0.2) is 24.7 Å². The first kappa shape index (κ1) is 16.1. The van der Waals surface area contributed by atoms with Gasteiger partial charge in [0.05, 0.1) is 23.7 Å². The summed E-state index contributed by atoms with van der Waals surface area (Å²) < 4.78 is 6.22. The highest BCUT2D eigenvalue weighted by molar-refractivity contribution is 5.92. The lowest BCUT2D eigenvalue weighted by Gasteiger charge is -2.33. The van der Waals surface area contributed by atoms with Crippen LogP contribution in [0.3, 0.4) is 0 Å². The predicted molar refractivity (Wildman–Crippen MR) is 89.8 cm³/mol. The Morgan fingerprint density at radius 2 is 2.12 bits per heavy atom. The molecule has 4 rings (SSSR count). The molecule has 0 radical (unpaired) electrons. The van der Waals surface area contributed by atoms with Crippen molar-refractivity contribution in [2.45, 2.75) is 38.9 Å². The Morgan fingerprint density at radius 1 is 1.24 bits per heavy atom. The number of likely N-dealkylation sites (tertiary alicyclic amines) is 1. The van der Waals surface area contributed by atoms with Crippen molar-refractivity contribution in [1.29, 1.82) is 0 Å². The molecule has 4 heterocycles. The fraction of sp³-hybridized carbons (Fsp3) is 0.500. The zero-order chi connectivity index (χ0) is 17.4. The van der Waals surface area contributed by atoms with Gasteiger partial charge in [-0.1, -0.05) is 0 Å². The van der Waals surface area contributed by atoms with E-state index in [1.165, 1.54) is 0 Å². The smallest absolute Gasteiger partial charge is 0.274 e.